The minimum atomic E-state index is -4.06. The summed E-state index contributed by atoms with van der Waals surface area (Å²) in [5, 5.41) is 10.8. The van der Waals surface area contributed by atoms with Crippen LogP contribution >= 0.6 is 11.6 Å². The zero-order valence-corrected chi connectivity index (χ0v) is 30.0. The fourth-order valence-electron chi connectivity index (χ4n) is 5.39. The monoisotopic (exact) mass is 730 g/mol. The van der Waals surface area contributed by atoms with Gasteiger partial charge in [0.15, 0.2) is 17.2 Å². The number of aromatic nitrogens is 6. The van der Waals surface area contributed by atoms with Crippen molar-refractivity contribution in [1.82, 2.24) is 34.4 Å². The van der Waals surface area contributed by atoms with Crippen LogP contribution in [0.15, 0.2) is 78.0 Å². The molecule has 16 heteroatoms. The van der Waals surface area contributed by atoms with Gasteiger partial charge in [-0.3, -0.25) is 4.79 Å². The van der Waals surface area contributed by atoms with Gasteiger partial charge >= 0.3 is 6.09 Å². The van der Waals surface area contributed by atoms with Crippen molar-refractivity contribution in [1.29, 1.82) is 0 Å². The number of rotatable bonds is 10. The van der Waals surface area contributed by atoms with Crippen LogP contribution in [0, 0.1) is 6.92 Å². The number of carbonyl (C=O) groups is 2. The molecule has 3 N–H and O–H groups in total. The molecular weight excluding hydrogens is 696 g/mol. The number of anilines is 1. The van der Waals surface area contributed by atoms with Crippen LogP contribution in [0.25, 0.3) is 33.3 Å². The van der Waals surface area contributed by atoms with Crippen LogP contribution in [0.2, 0.25) is 5.15 Å². The van der Waals surface area contributed by atoms with Crippen LogP contribution in [0.1, 0.15) is 39.0 Å². The minimum absolute atomic E-state index is 0.0241. The number of amides is 2. The largest absolute Gasteiger partial charge is 0.488 e. The van der Waals surface area contributed by atoms with E-state index in [2.05, 4.69) is 35.7 Å². The molecule has 0 bridgehead atoms. The SMILES string of the molecule is CC(=O)Nc1nc(Cl)c(-c2cnc3c(n2)c(C)nn3S(=O)(=O)c2ccccc2)cc1OC[C@H](Cc1c[nH]c2ccccc12)NC(=O)OC(C)(C)C. The quantitative estimate of drug-likeness (QED) is 0.141. The number of nitrogens with one attached hydrogen (secondary N) is 3. The fraction of sp³-hybridized carbons (Fsp3) is 0.257. The van der Waals surface area contributed by atoms with Gasteiger partial charge in [-0.25, -0.2) is 19.7 Å². The molecule has 4 heterocycles. The molecule has 4 aromatic heterocycles. The summed E-state index contributed by atoms with van der Waals surface area (Å²) in [6.45, 7) is 8.20. The van der Waals surface area contributed by atoms with Crippen LogP contribution in [0.3, 0.4) is 0 Å². The van der Waals surface area contributed by atoms with Crippen molar-refractivity contribution in [3.05, 3.63) is 89.5 Å². The molecule has 0 spiro atoms. The Hall–Kier alpha value is -5.54. The van der Waals surface area contributed by atoms with Gasteiger partial charge in [0.25, 0.3) is 10.0 Å². The Morgan fingerprint density at radius 2 is 1.78 bits per heavy atom. The van der Waals surface area contributed by atoms with Crippen molar-refractivity contribution < 1.29 is 27.5 Å². The van der Waals surface area contributed by atoms with Crippen LogP contribution in [-0.2, 0) is 26.0 Å². The van der Waals surface area contributed by atoms with E-state index in [1.807, 2.05) is 30.5 Å². The third kappa shape index (κ3) is 7.79. The van der Waals surface area contributed by atoms with Crippen molar-refractivity contribution in [3.8, 4) is 17.0 Å². The highest BCUT2D eigenvalue weighted by Crippen LogP contribution is 2.35. The summed E-state index contributed by atoms with van der Waals surface area (Å²) >= 11 is 6.63. The number of halogens is 1. The molecule has 6 rings (SSSR count). The molecule has 6 aromatic rings. The van der Waals surface area contributed by atoms with E-state index in [1.54, 1.807) is 52.0 Å². The number of nitrogens with zero attached hydrogens (tertiary/aromatic N) is 5. The van der Waals surface area contributed by atoms with Gasteiger partial charge in [-0.15, -0.1) is 4.09 Å². The van der Waals surface area contributed by atoms with Crippen molar-refractivity contribution in [2.45, 2.75) is 57.6 Å². The highest BCUT2D eigenvalue weighted by atomic mass is 35.5. The molecule has 51 heavy (non-hydrogen) atoms. The summed E-state index contributed by atoms with van der Waals surface area (Å²) in [6, 6.07) is 16.7. The second-order valence-electron chi connectivity index (χ2n) is 12.7. The minimum Gasteiger partial charge on any atom is -0.488 e. The van der Waals surface area contributed by atoms with E-state index in [1.165, 1.54) is 25.3 Å². The maximum absolute atomic E-state index is 13.4. The molecule has 264 valence electrons. The maximum Gasteiger partial charge on any atom is 0.408 e. The van der Waals surface area contributed by atoms with E-state index in [9.17, 15) is 18.0 Å². The molecule has 0 aliphatic heterocycles. The molecule has 2 aromatic carbocycles. The second-order valence-corrected chi connectivity index (χ2v) is 14.9. The number of para-hydroxylation sites is 1. The number of aryl methyl sites for hydroxylation is 1. The average Bonchev–Trinajstić information content (AvgIpc) is 3.64. The highest BCUT2D eigenvalue weighted by molar-refractivity contribution is 7.90. The van der Waals surface area contributed by atoms with Gasteiger partial charge < -0.3 is 25.1 Å². The molecule has 0 radical (unpaired) electrons. The number of hydrogen-bond donors (Lipinski definition) is 3. The fourth-order valence-corrected chi connectivity index (χ4v) is 6.91. The van der Waals surface area contributed by atoms with E-state index in [-0.39, 0.29) is 45.1 Å². The van der Waals surface area contributed by atoms with E-state index >= 15 is 0 Å². The summed E-state index contributed by atoms with van der Waals surface area (Å²) in [5.41, 5.74) is 2.29. The van der Waals surface area contributed by atoms with Crippen LogP contribution in [0.4, 0.5) is 10.6 Å². The third-order valence-electron chi connectivity index (χ3n) is 7.60. The Labute approximate surface area is 298 Å². The topological polar surface area (TPSA) is 183 Å². The number of hydrogen-bond acceptors (Lipinski definition) is 10. The number of fused-ring (bicyclic) bond motifs is 2. The Kier molecular flexibility index (Phi) is 9.68. The van der Waals surface area contributed by atoms with Gasteiger partial charge in [0.2, 0.25) is 5.91 Å². The molecule has 0 aliphatic rings. The van der Waals surface area contributed by atoms with Crippen molar-refractivity contribution in [3.63, 3.8) is 0 Å². The first-order valence-corrected chi connectivity index (χ1v) is 17.7. The summed E-state index contributed by atoms with van der Waals surface area (Å²) in [4.78, 5) is 41.8. The first-order chi connectivity index (χ1) is 24.2. The van der Waals surface area contributed by atoms with Gasteiger partial charge in [-0.2, -0.15) is 13.5 Å². The summed E-state index contributed by atoms with van der Waals surface area (Å²) < 4.78 is 39.4. The first kappa shape index (κ1) is 35.3. The number of ether oxygens (including phenoxy) is 2. The van der Waals surface area contributed by atoms with Gasteiger partial charge in [-0.1, -0.05) is 48.0 Å². The summed E-state index contributed by atoms with van der Waals surface area (Å²) in [6.07, 6.45) is 2.99. The van der Waals surface area contributed by atoms with Crippen molar-refractivity contribution >= 4 is 61.5 Å². The Bertz CT molecular complexity index is 2370. The van der Waals surface area contributed by atoms with E-state index < -0.39 is 33.7 Å². The van der Waals surface area contributed by atoms with Gasteiger partial charge in [0.05, 0.1) is 28.5 Å². The van der Waals surface area contributed by atoms with Gasteiger partial charge in [-0.05, 0) is 63.9 Å². The van der Waals surface area contributed by atoms with Crippen molar-refractivity contribution in [2.75, 3.05) is 11.9 Å². The highest BCUT2D eigenvalue weighted by Gasteiger charge is 2.26. The number of carbonyl (C=O) groups excluding carboxylic acids is 2. The zero-order valence-electron chi connectivity index (χ0n) is 28.4. The average molecular weight is 731 g/mol. The van der Waals surface area contributed by atoms with E-state index in [4.69, 9.17) is 21.1 Å². The standard InChI is InChI=1S/C35H35ClN8O6S/c1-20-30-33(44(43-20)51(47,48)24-11-7-6-8-12-24)38-18-28(41-30)26-16-29(32(39-21(2)45)42-31(26)36)49-19-23(40-34(46)50-35(3,4)5)15-22-17-37-27-14-10-9-13-25(22)27/h6-14,16-18,23,37H,15,19H2,1-5H3,(H,40,46)(H,39,42,45)/t23-/m0/s1. The lowest BCUT2D eigenvalue weighted by Gasteiger charge is -2.24. The predicted molar refractivity (Wildman–Crippen MR) is 192 cm³/mol. The molecule has 0 saturated heterocycles. The van der Waals surface area contributed by atoms with E-state index in [0.717, 1.165) is 20.6 Å². The van der Waals surface area contributed by atoms with Crippen LogP contribution in [0.5, 0.6) is 5.75 Å². The molecular formula is C35H35ClN8O6S. The molecule has 0 fully saturated rings. The lowest BCUT2D eigenvalue weighted by Crippen LogP contribution is -2.43. The van der Waals surface area contributed by atoms with Crippen LogP contribution in [-0.4, -0.2) is 67.8 Å². The van der Waals surface area contributed by atoms with Crippen molar-refractivity contribution in [2.24, 2.45) is 0 Å². The number of aromatic amines is 1. The zero-order chi connectivity index (χ0) is 36.5. The van der Waals surface area contributed by atoms with Gasteiger partial charge in [0.1, 0.15) is 22.9 Å². The van der Waals surface area contributed by atoms with Gasteiger partial charge in [0, 0.05) is 29.6 Å². The molecule has 0 unspecified atom stereocenters. The van der Waals surface area contributed by atoms with Crippen LogP contribution < -0.4 is 15.4 Å². The van der Waals surface area contributed by atoms with E-state index in [0.29, 0.717) is 17.7 Å². The third-order valence-corrected chi connectivity index (χ3v) is 9.47. The lowest BCUT2D eigenvalue weighted by molar-refractivity contribution is -0.114. The molecule has 14 nitrogen and oxygen atoms in total. The summed E-state index contributed by atoms with van der Waals surface area (Å²) in [5.74, 6) is -0.228. The molecule has 2 amide bonds. The Morgan fingerprint density at radius 3 is 2.51 bits per heavy atom. The Balaban J connectivity index is 1.34. The Morgan fingerprint density at radius 1 is 1.06 bits per heavy atom. The normalized spacial score (nSPS) is 12.5. The molecule has 0 aliphatic carbocycles. The predicted octanol–water partition coefficient (Wildman–Crippen LogP) is 6.04. The number of benzene rings is 2. The molecule has 1 atom stereocenters. The number of H-pyrrole nitrogens is 1. The maximum atomic E-state index is 13.4. The first-order valence-electron chi connectivity index (χ1n) is 15.9. The number of alkyl carbamates (subject to hydrolysis) is 1. The lowest BCUT2D eigenvalue weighted by atomic mass is 10.1. The smallest absolute Gasteiger partial charge is 0.408 e. The summed E-state index contributed by atoms with van der Waals surface area (Å²) in [7, 11) is -4.06. The number of pyridine rings is 1. The second kappa shape index (κ2) is 14.0. The molecule has 0 saturated carbocycles.